The van der Waals surface area contributed by atoms with Crippen LogP contribution in [0, 0.1) is 0 Å². The van der Waals surface area contributed by atoms with Gasteiger partial charge in [-0.15, -0.1) is 0 Å². The molecule has 1 unspecified atom stereocenters. The Balaban J connectivity index is 2.27. The minimum Gasteiger partial charge on any atom is -0.494 e. The third kappa shape index (κ3) is 3.15. The smallest absolute Gasteiger partial charge is 0.119 e. The molecule has 1 aliphatic carbocycles. The van der Waals surface area contributed by atoms with Crippen LogP contribution in [0.1, 0.15) is 50.6 Å². The van der Waals surface area contributed by atoms with Crippen molar-refractivity contribution in [3.8, 4) is 5.75 Å². The number of hydrogen-bond acceptors (Lipinski definition) is 3. The summed E-state index contributed by atoms with van der Waals surface area (Å²) in [5, 5.41) is 3.47. The Labute approximate surface area is 122 Å². The van der Waals surface area contributed by atoms with Crippen molar-refractivity contribution in [2.45, 2.75) is 50.7 Å². The lowest BCUT2D eigenvalue weighted by molar-refractivity contribution is -0.0671. The minimum absolute atomic E-state index is 0.0855. The summed E-state index contributed by atoms with van der Waals surface area (Å²) in [5.41, 5.74) is 1.17. The fourth-order valence-electron chi connectivity index (χ4n) is 3.44. The Morgan fingerprint density at radius 3 is 2.60 bits per heavy atom. The number of methoxy groups -OCH3 is 1. The number of rotatable bonds is 6. The highest BCUT2D eigenvalue weighted by Gasteiger charge is 2.40. The van der Waals surface area contributed by atoms with Crippen LogP contribution in [-0.4, -0.2) is 26.4 Å². The van der Waals surface area contributed by atoms with E-state index in [1.165, 1.54) is 24.8 Å². The average Bonchev–Trinajstić information content (AvgIpc) is 2.50. The van der Waals surface area contributed by atoms with Gasteiger partial charge < -0.3 is 14.8 Å². The first-order valence-electron chi connectivity index (χ1n) is 7.71. The zero-order valence-corrected chi connectivity index (χ0v) is 12.9. The van der Waals surface area contributed by atoms with Crippen molar-refractivity contribution in [1.29, 1.82) is 0 Å². The zero-order valence-electron chi connectivity index (χ0n) is 12.9. The fourth-order valence-corrected chi connectivity index (χ4v) is 3.44. The molecule has 1 atom stereocenters. The quantitative estimate of drug-likeness (QED) is 0.860. The van der Waals surface area contributed by atoms with Crippen LogP contribution in [0.4, 0.5) is 0 Å². The molecule has 1 aliphatic rings. The summed E-state index contributed by atoms with van der Waals surface area (Å²) in [6.45, 7) is 2.71. The molecule has 1 aromatic rings. The standard InChI is InChI=1S/C17H27NO2/c1-4-20-15-10-8-9-14(13-15)16(18-2)17(19-3)11-6-5-7-12-17/h8-10,13,16,18H,4-7,11-12H2,1-3H3. The van der Waals surface area contributed by atoms with Crippen molar-refractivity contribution in [3.63, 3.8) is 0 Å². The molecule has 0 bridgehead atoms. The van der Waals surface area contributed by atoms with Gasteiger partial charge in [-0.05, 0) is 44.5 Å². The Bertz CT molecular complexity index is 413. The maximum absolute atomic E-state index is 5.98. The van der Waals surface area contributed by atoms with E-state index < -0.39 is 0 Å². The van der Waals surface area contributed by atoms with Gasteiger partial charge in [0.1, 0.15) is 5.75 Å². The van der Waals surface area contributed by atoms with Gasteiger partial charge in [-0.3, -0.25) is 0 Å². The molecule has 112 valence electrons. The van der Waals surface area contributed by atoms with Crippen LogP contribution in [0.3, 0.4) is 0 Å². The van der Waals surface area contributed by atoms with Crippen molar-refractivity contribution in [2.24, 2.45) is 0 Å². The highest BCUT2D eigenvalue weighted by atomic mass is 16.5. The third-order valence-corrected chi connectivity index (χ3v) is 4.42. The van der Waals surface area contributed by atoms with E-state index in [9.17, 15) is 0 Å². The first kappa shape index (κ1) is 15.3. The van der Waals surface area contributed by atoms with Crippen molar-refractivity contribution < 1.29 is 9.47 Å². The lowest BCUT2D eigenvalue weighted by atomic mass is 9.76. The topological polar surface area (TPSA) is 30.5 Å². The molecule has 0 aromatic heterocycles. The molecule has 2 rings (SSSR count). The van der Waals surface area contributed by atoms with E-state index in [-0.39, 0.29) is 11.6 Å². The van der Waals surface area contributed by atoms with E-state index in [0.717, 1.165) is 18.6 Å². The molecular weight excluding hydrogens is 250 g/mol. The number of hydrogen-bond donors (Lipinski definition) is 1. The Hall–Kier alpha value is -1.06. The second kappa shape index (κ2) is 7.09. The summed E-state index contributed by atoms with van der Waals surface area (Å²) >= 11 is 0. The molecule has 0 saturated heterocycles. The van der Waals surface area contributed by atoms with Gasteiger partial charge in [-0.1, -0.05) is 31.4 Å². The molecule has 0 spiro atoms. The third-order valence-electron chi connectivity index (χ3n) is 4.42. The molecular formula is C17H27NO2. The average molecular weight is 277 g/mol. The first-order chi connectivity index (χ1) is 9.75. The summed E-state index contributed by atoms with van der Waals surface area (Å²) < 4.78 is 11.6. The van der Waals surface area contributed by atoms with Crippen molar-refractivity contribution >= 4 is 0 Å². The van der Waals surface area contributed by atoms with Crippen LogP contribution in [-0.2, 0) is 4.74 Å². The van der Waals surface area contributed by atoms with Crippen LogP contribution >= 0.6 is 0 Å². The predicted octanol–water partition coefficient (Wildman–Crippen LogP) is 3.70. The van der Waals surface area contributed by atoms with Gasteiger partial charge in [0.05, 0.1) is 18.2 Å². The van der Waals surface area contributed by atoms with Gasteiger partial charge in [-0.25, -0.2) is 0 Å². The minimum atomic E-state index is -0.0855. The van der Waals surface area contributed by atoms with E-state index >= 15 is 0 Å². The molecule has 3 heteroatoms. The Morgan fingerprint density at radius 2 is 2.00 bits per heavy atom. The maximum atomic E-state index is 5.98. The van der Waals surface area contributed by atoms with Gasteiger partial charge in [0.2, 0.25) is 0 Å². The largest absolute Gasteiger partial charge is 0.494 e. The van der Waals surface area contributed by atoms with Gasteiger partial charge in [-0.2, -0.15) is 0 Å². The molecule has 3 nitrogen and oxygen atoms in total. The van der Waals surface area contributed by atoms with Gasteiger partial charge in [0.15, 0.2) is 0 Å². The lowest BCUT2D eigenvalue weighted by Crippen LogP contribution is -2.46. The summed E-state index contributed by atoms with van der Waals surface area (Å²) in [6, 6.07) is 8.60. The fraction of sp³-hybridized carbons (Fsp3) is 0.647. The summed E-state index contributed by atoms with van der Waals surface area (Å²) in [4.78, 5) is 0. The summed E-state index contributed by atoms with van der Waals surface area (Å²) in [5.74, 6) is 0.937. The van der Waals surface area contributed by atoms with E-state index in [1.54, 1.807) is 0 Å². The number of likely N-dealkylation sites (N-methyl/N-ethyl adjacent to an activating group) is 1. The van der Waals surface area contributed by atoms with E-state index in [1.807, 2.05) is 27.1 Å². The molecule has 1 fully saturated rings. The highest BCUT2D eigenvalue weighted by Crippen LogP contribution is 2.41. The zero-order chi connectivity index (χ0) is 14.4. The second-order valence-electron chi connectivity index (χ2n) is 5.56. The van der Waals surface area contributed by atoms with Crippen LogP contribution in [0.15, 0.2) is 24.3 Å². The summed E-state index contributed by atoms with van der Waals surface area (Å²) in [7, 11) is 3.87. The molecule has 1 N–H and O–H groups in total. The molecule has 0 amide bonds. The first-order valence-corrected chi connectivity index (χ1v) is 7.71. The van der Waals surface area contributed by atoms with Gasteiger partial charge >= 0.3 is 0 Å². The SMILES string of the molecule is CCOc1cccc(C(NC)C2(OC)CCCCC2)c1. The highest BCUT2D eigenvalue weighted by molar-refractivity contribution is 5.32. The molecule has 1 saturated carbocycles. The molecule has 1 aromatic carbocycles. The van der Waals surface area contributed by atoms with E-state index in [0.29, 0.717) is 6.61 Å². The predicted molar refractivity (Wildman–Crippen MR) is 82.2 cm³/mol. The van der Waals surface area contributed by atoms with Crippen molar-refractivity contribution in [1.82, 2.24) is 5.32 Å². The molecule has 0 aliphatic heterocycles. The number of nitrogens with one attached hydrogen (secondary N) is 1. The molecule has 20 heavy (non-hydrogen) atoms. The Kier molecular flexibility index (Phi) is 5.44. The number of benzene rings is 1. The van der Waals surface area contributed by atoms with E-state index in [2.05, 4.69) is 23.5 Å². The Morgan fingerprint density at radius 1 is 1.25 bits per heavy atom. The van der Waals surface area contributed by atoms with Crippen LogP contribution in [0.2, 0.25) is 0 Å². The molecule has 0 radical (unpaired) electrons. The van der Waals surface area contributed by atoms with Crippen molar-refractivity contribution in [3.05, 3.63) is 29.8 Å². The van der Waals surface area contributed by atoms with Gasteiger partial charge in [0, 0.05) is 7.11 Å². The van der Waals surface area contributed by atoms with Crippen LogP contribution in [0.25, 0.3) is 0 Å². The molecule has 0 heterocycles. The van der Waals surface area contributed by atoms with Crippen LogP contribution in [0.5, 0.6) is 5.75 Å². The van der Waals surface area contributed by atoms with Crippen LogP contribution < -0.4 is 10.1 Å². The summed E-state index contributed by atoms with van der Waals surface area (Å²) in [6.07, 6.45) is 6.05. The van der Waals surface area contributed by atoms with Crippen molar-refractivity contribution in [2.75, 3.05) is 20.8 Å². The second-order valence-corrected chi connectivity index (χ2v) is 5.56. The number of ether oxygens (including phenoxy) is 2. The van der Waals surface area contributed by atoms with E-state index in [4.69, 9.17) is 9.47 Å². The lowest BCUT2D eigenvalue weighted by Gasteiger charge is -2.42. The normalized spacial score (nSPS) is 19.6. The maximum Gasteiger partial charge on any atom is 0.119 e. The van der Waals surface area contributed by atoms with Gasteiger partial charge in [0.25, 0.3) is 0 Å². The monoisotopic (exact) mass is 277 g/mol.